The third-order valence-corrected chi connectivity index (χ3v) is 6.60. The molecule has 6 heteroatoms. The van der Waals surface area contributed by atoms with Gasteiger partial charge >= 0.3 is 0 Å². The fourth-order valence-corrected chi connectivity index (χ4v) is 4.70. The number of carbonyl (C=O) groups is 2. The number of aliphatic hydroxyl groups is 1. The van der Waals surface area contributed by atoms with Crippen molar-refractivity contribution >= 4 is 23.1 Å². The fraction of sp³-hybridized carbons (Fsp3) is 0.312. The van der Waals surface area contributed by atoms with Crippen molar-refractivity contribution in [3.05, 3.63) is 94.6 Å². The van der Waals surface area contributed by atoms with E-state index in [9.17, 15) is 14.7 Å². The van der Waals surface area contributed by atoms with Crippen molar-refractivity contribution in [3.63, 3.8) is 0 Å². The van der Waals surface area contributed by atoms with E-state index in [1.165, 1.54) is 4.90 Å². The highest BCUT2D eigenvalue weighted by atomic mass is 16.5. The Hall–Kier alpha value is -4.06. The highest BCUT2D eigenvalue weighted by Crippen LogP contribution is 2.43. The SMILES string of the molecule is CCOc1ccc(/C(O)=C2/C(=O)C(=O)N(c3ccc(C(C)C)cc3)C2c2ccc(OC(C)C)cc2)cc1C. The van der Waals surface area contributed by atoms with E-state index >= 15 is 0 Å². The van der Waals surface area contributed by atoms with Gasteiger partial charge < -0.3 is 14.6 Å². The highest BCUT2D eigenvalue weighted by Gasteiger charge is 2.47. The molecule has 1 saturated heterocycles. The summed E-state index contributed by atoms with van der Waals surface area (Å²) in [7, 11) is 0. The van der Waals surface area contributed by atoms with E-state index < -0.39 is 17.7 Å². The Bertz CT molecular complexity index is 1350. The Balaban J connectivity index is 1.86. The molecule has 1 heterocycles. The van der Waals surface area contributed by atoms with Crippen LogP contribution in [0.1, 0.15) is 68.8 Å². The summed E-state index contributed by atoms with van der Waals surface area (Å²) in [5, 5.41) is 11.5. The lowest BCUT2D eigenvalue weighted by molar-refractivity contribution is -0.132. The second-order valence-electron chi connectivity index (χ2n) is 10.1. The van der Waals surface area contributed by atoms with E-state index in [4.69, 9.17) is 9.47 Å². The summed E-state index contributed by atoms with van der Waals surface area (Å²) in [5.41, 5.74) is 3.72. The van der Waals surface area contributed by atoms with Gasteiger partial charge in [-0.15, -0.1) is 0 Å². The van der Waals surface area contributed by atoms with Crippen LogP contribution in [0.4, 0.5) is 5.69 Å². The molecule has 38 heavy (non-hydrogen) atoms. The normalized spacial score (nSPS) is 16.9. The number of ether oxygens (including phenoxy) is 2. The molecular weight excluding hydrogens is 478 g/mol. The monoisotopic (exact) mass is 513 g/mol. The van der Waals surface area contributed by atoms with Crippen LogP contribution in [-0.2, 0) is 9.59 Å². The predicted octanol–water partition coefficient (Wildman–Crippen LogP) is 6.93. The molecule has 198 valence electrons. The number of hydrogen-bond donors (Lipinski definition) is 1. The van der Waals surface area contributed by atoms with Crippen LogP contribution in [0.5, 0.6) is 11.5 Å². The van der Waals surface area contributed by atoms with Crippen molar-refractivity contribution in [2.45, 2.75) is 59.6 Å². The summed E-state index contributed by atoms with van der Waals surface area (Å²) in [4.78, 5) is 28.4. The third kappa shape index (κ3) is 5.30. The molecule has 1 N–H and O–H groups in total. The van der Waals surface area contributed by atoms with E-state index in [1.54, 1.807) is 18.2 Å². The molecule has 0 spiro atoms. The summed E-state index contributed by atoms with van der Waals surface area (Å²) in [6.45, 7) is 12.4. The number of rotatable bonds is 8. The molecule has 1 aliphatic heterocycles. The van der Waals surface area contributed by atoms with E-state index in [1.807, 2.05) is 76.2 Å². The summed E-state index contributed by atoms with van der Waals surface area (Å²) in [6, 6.07) is 19.4. The van der Waals surface area contributed by atoms with E-state index in [0.29, 0.717) is 40.8 Å². The van der Waals surface area contributed by atoms with Crippen molar-refractivity contribution in [2.24, 2.45) is 0 Å². The van der Waals surface area contributed by atoms with E-state index in [-0.39, 0.29) is 17.4 Å². The maximum absolute atomic E-state index is 13.5. The molecule has 0 radical (unpaired) electrons. The molecule has 0 saturated carbocycles. The zero-order valence-corrected chi connectivity index (χ0v) is 22.8. The van der Waals surface area contributed by atoms with Crippen LogP contribution in [0.15, 0.2) is 72.3 Å². The fourth-order valence-electron chi connectivity index (χ4n) is 4.70. The van der Waals surface area contributed by atoms with Crippen LogP contribution in [0.3, 0.4) is 0 Å². The summed E-state index contributed by atoms with van der Waals surface area (Å²) >= 11 is 0. The number of anilines is 1. The Morgan fingerprint density at radius 1 is 0.947 bits per heavy atom. The first-order valence-corrected chi connectivity index (χ1v) is 13.0. The number of nitrogens with zero attached hydrogens (tertiary/aromatic N) is 1. The molecular formula is C32H35NO5. The number of Topliss-reactive ketones (excluding diaryl/α,β-unsaturated/α-hetero) is 1. The molecule has 1 unspecified atom stereocenters. The maximum atomic E-state index is 13.5. The maximum Gasteiger partial charge on any atom is 0.300 e. The van der Waals surface area contributed by atoms with E-state index in [2.05, 4.69) is 13.8 Å². The van der Waals surface area contributed by atoms with Gasteiger partial charge in [-0.25, -0.2) is 0 Å². The number of hydrogen-bond acceptors (Lipinski definition) is 5. The first-order chi connectivity index (χ1) is 18.1. The largest absolute Gasteiger partial charge is 0.507 e. The highest BCUT2D eigenvalue weighted by molar-refractivity contribution is 6.51. The lowest BCUT2D eigenvalue weighted by atomic mass is 9.94. The van der Waals surface area contributed by atoms with Gasteiger partial charge in [-0.05, 0) is 92.8 Å². The standard InChI is InChI=1S/C32H35NO5/c1-7-37-27-17-12-24(18-21(27)6)30(34)28-29(23-10-15-26(16-11-23)38-20(4)5)33(32(36)31(28)35)25-13-8-22(9-14-25)19(2)3/h8-20,29,34H,7H2,1-6H3/b30-28-. The number of aryl methyl sites for hydroxylation is 1. The van der Waals surface area contributed by atoms with Gasteiger partial charge in [-0.1, -0.05) is 38.1 Å². The molecule has 4 rings (SSSR count). The van der Waals surface area contributed by atoms with Crippen LogP contribution in [0.25, 0.3) is 5.76 Å². The molecule has 0 aromatic heterocycles. The Labute approximate surface area is 224 Å². The second kappa shape index (κ2) is 11.1. The van der Waals surface area contributed by atoms with Crippen molar-refractivity contribution in [1.82, 2.24) is 0 Å². The molecule has 6 nitrogen and oxygen atoms in total. The Kier molecular flexibility index (Phi) is 7.91. The van der Waals surface area contributed by atoms with Gasteiger partial charge in [0.25, 0.3) is 11.7 Å². The van der Waals surface area contributed by atoms with Gasteiger partial charge in [0.2, 0.25) is 0 Å². The molecule has 1 aliphatic rings. The van der Waals surface area contributed by atoms with Crippen LogP contribution in [0, 0.1) is 6.92 Å². The lowest BCUT2D eigenvalue weighted by Gasteiger charge is -2.26. The zero-order chi connectivity index (χ0) is 27.6. The second-order valence-corrected chi connectivity index (χ2v) is 10.1. The molecule has 1 atom stereocenters. The van der Waals surface area contributed by atoms with Crippen molar-refractivity contribution in [3.8, 4) is 11.5 Å². The molecule has 3 aromatic rings. The minimum atomic E-state index is -0.806. The summed E-state index contributed by atoms with van der Waals surface area (Å²) in [5.74, 6) is 0.0830. The summed E-state index contributed by atoms with van der Waals surface area (Å²) in [6.07, 6.45) is 0.00820. The molecule has 1 amide bonds. The smallest absolute Gasteiger partial charge is 0.300 e. The van der Waals surface area contributed by atoms with Gasteiger partial charge in [-0.2, -0.15) is 0 Å². The van der Waals surface area contributed by atoms with Crippen molar-refractivity contribution in [2.75, 3.05) is 11.5 Å². The molecule has 0 aliphatic carbocycles. The van der Waals surface area contributed by atoms with Gasteiger partial charge in [0.1, 0.15) is 17.3 Å². The number of ketones is 1. The van der Waals surface area contributed by atoms with Crippen molar-refractivity contribution in [1.29, 1.82) is 0 Å². The first-order valence-electron chi connectivity index (χ1n) is 13.0. The van der Waals surface area contributed by atoms with Crippen LogP contribution in [-0.4, -0.2) is 29.5 Å². The number of benzene rings is 3. The minimum absolute atomic E-state index is 0.00820. The summed E-state index contributed by atoms with van der Waals surface area (Å²) < 4.78 is 11.4. The number of amides is 1. The molecule has 3 aromatic carbocycles. The quantitative estimate of drug-likeness (QED) is 0.201. The van der Waals surface area contributed by atoms with Gasteiger partial charge in [0.15, 0.2) is 0 Å². The average molecular weight is 514 g/mol. The van der Waals surface area contributed by atoms with Crippen LogP contribution >= 0.6 is 0 Å². The Morgan fingerprint density at radius 3 is 2.16 bits per heavy atom. The van der Waals surface area contributed by atoms with Gasteiger partial charge in [-0.3, -0.25) is 14.5 Å². The minimum Gasteiger partial charge on any atom is -0.507 e. The number of carbonyl (C=O) groups excluding carboxylic acids is 2. The first kappa shape index (κ1) is 27.0. The average Bonchev–Trinajstić information content (AvgIpc) is 3.15. The topological polar surface area (TPSA) is 76.1 Å². The zero-order valence-electron chi connectivity index (χ0n) is 22.8. The molecule has 1 fully saturated rings. The van der Waals surface area contributed by atoms with E-state index in [0.717, 1.165) is 11.1 Å². The third-order valence-electron chi connectivity index (χ3n) is 6.60. The molecule has 0 bridgehead atoms. The Morgan fingerprint density at radius 2 is 1.61 bits per heavy atom. The van der Waals surface area contributed by atoms with Gasteiger partial charge in [0, 0.05) is 11.3 Å². The van der Waals surface area contributed by atoms with Crippen LogP contribution < -0.4 is 14.4 Å². The predicted molar refractivity (Wildman–Crippen MR) is 150 cm³/mol. The van der Waals surface area contributed by atoms with Crippen LogP contribution in [0.2, 0.25) is 0 Å². The van der Waals surface area contributed by atoms with Gasteiger partial charge in [0.05, 0.1) is 24.3 Å². The van der Waals surface area contributed by atoms with Crippen molar-refractivity contribution < 1.29 is 24.2 Å². The lowest BCUT2D eigenvalue weighted by Crippen LogP contribution is -2.29. The number of aliphatic hydroxyl groups excluding tert-OH is 1.